The van der Waals surface area contributed by atoms with E-state index < -0.39 is 10.8 Å². The van der Waals surface area contributed by atoms with Crippen LogP contribution in [0.4, 0.5) is 11.5 Å². The molecule has 0 spiro atoms. The number of nitrogens with zero attached hydrogens (tertiary/aromatic N) is 2. The summed E-state index contributed by atoms with van der Waals surface area (Å²) < 4.78 is 5.73. The molecule has 1 heterocycles. The van der Waals surface area contributed by atoms with Crippen LogP contribution >= 0.6 is 0 Å². The number of benzene rings is 2. The Labute approximate surface area is 155 Å². The molecule has 0 unspecified atom stereocenters. The molecule has 138 valence electrons. The van der Waals surface area contributed by atoms with E-state index >= 15 is 0 Å². The molecule has 0 aliphatic heterocycles. The van der Waals surface area contributed by atoms with E-state index in [9.17, 15) is 14.9 Å². The first kappa shape index (κ1) is 18.1. The highest BCUT2D eigenvalue weighted by molar-refractivity contribution is 6.06. The summed E-state index contributed by atoms with van der Waals surface area (Å²) in [4.78, 5) is 23.2. The maximum absolute atomic E-state index is 12.7. The summed E-state index contributed by atoms with van der Waals surface area (Å²) in [6, 6.07) is 14.5. The lowest BCUT2D eigenvalue weighted by molar-refractivity contribution is -0.384. The number of amides is 1. The molecule has 8 nitrogen and oxygen atoms in total. The highest BCUT2D eigenvalue weighted by atomic mass is 16.6. The summed E-state index contributed by atoms with van der Waals surface area (Å²) in [7, 11) is 0. The smallest absolute Gasteiger partial charge is 0.270 e. The number of nitro benzene ring substituents is 1. The van der Waals surface area contributed by atoms with Gasteiger partial charge in [-0.3, -0.25) is 20.0 Å². The molecule has 2 N–H and O–H groups in total. The first-order valence-corrected chi connectivity index (χ1v) is 8.32. The molecule has 3 aromatic rings. The molecule has 2 aromatic carbocycles. The van der Waals surface area contributed by atoms with E-state index in [1.54, 1.807) is 30.3 Å². The van der Waals surface area contributed by atoms with Crippen molar-refractivity contribution >= 4 is 17.4 Å². The quantitative estimate of drug-likeness (QED) is 0.493. The SMILES string of the molecule is CC(C)c1cc(NC(=O)c2cc([N+](=O)[O-])ccc2Oc2ccccc2)n[nH]1. The molecule has 3 rings (SSSR count). The van der Waals surface area contributed by atoms with Gasteiger partial charge in [0, 0.05) is 23.9 Å². The van der Waals surface area contributed by atoms with Crippen LogP contribution in [0, 0.1) is 10.1 Å². The molecule has 0 saturated heterocycles. The highest BCUT2D eigenvalue weighted by Crippen LogP contribution is 2.29. The summed E-state index contributed by atoms with van der Waals surface area (Å²) in [6.45, 7) is 3.98. The van der Waals surface area contributed by atoms with Crippen molar-refractivity contribution in [3.8, 4) is 11.5 Å². The van der Waals surface area contributed by atoms with Crippen molar-refractivity contribution in [3.05, 3.63) is 76.0 Å². The molecule has 1 amide bonds. The van der Waals surface area contributed by atoms with Crippen molar-refractivity contribution in [3.63, 3.8) is 0 Å². The van der Waals surface area contributed by atoms with Gasteiger partial charge in [-0.15, -0.1) is 0 Å². The van der Waals surface area contributed by atoms with Crippen LogP contribution in [-0.4, -0.2) is 21.0 Å². The number of hydrogen-bond donors (Lipinski definition) is 2. The number of H-pyrrole nitrogens is 1. The Balaban J connectivity index is 1.91. The minimum absolute atomic E-state index is 0.0437. The van der Waals surface area contributed by atoms with Gasteiger partial charge in [0.2, 0.25) is 0 Å². The van der Waals surface area contributed by atoms with Crippen molar-refractivity contribution in [2.45, 2.75) is 19.8 Å². The van der Waals surface area contributed by atoms with E-state index in [-0.39, 0.29) is 22.9 Å². The summed E-state index contributed by atoms with van der Waals surface area (Å²) in [6.07, 6.45) is 0. The van der Waals surface area contributed by atoms with E-state index in [1.165, 1.54) is 18.2 Å². The largest absolute Gasteiger partial charge is 0.457 e. The molecule has 1 aromatic heterocycles. The molecule has 27 heavy (non-hydrogen) atoms. The Morgan fingerprint density at radius 3 is 2.56 bits per heavy atom. The second-order valence-corrected chi connectivity index (χ2v) is 6.17. The third-order valence-electron chi connectivity index (χ3n) is 3.85. The minimum atomic E-state index is -0.561. The van der Waals surface area contributed by atoms with Gasteiger partial charge in [0.05, 0.1) is 10.5 Å². The average Bonchev–Trinajstić information content (AvgIpc) is 3.11. The third kappa shape index (κ3) is 4.30. The topological polar surface area (TPSA) is 110 Å². The molecular weight excluding hydrogens is 348 g/mol. The zero-order chi connectivity index (χ0) is 19.4. The van der Waals surface area contributed by atoms with Crippen molar-refractivity contribution in [2.75, 3.05) is 5.32 Å². The van der Waals surface area contributed by atoms with Crippen LogP contribution < -0.4 is 10.1 Å². The Bertz CT molecular complexity index is 967. The van der Waals surface area contributed by atoms with Crippen LogP contribution in [0.1, 0.15) is 35.8 Å². The predicted octanol–water partition coefficient (Wildman–Crippen LogP) is 4.49. The number of carbonyl (C=O) groups is 1. The molecule has 0 bridgehead atoms. The minimum Gasteiger partial charge on any atom is -0.457 e. The Morgan fingerprint density at radius 2 is 1.93 bits per heavy atom. The van der Waals surface area contributed by atoms with Gasteiger partial charge >= 0.3 is 0 Å². The number of rotatable bonds is 6. The number of aromatic amines is 1. The molecule has 0 atom stereocenters. The van der Waals surface area contributed by atoms with E-state index in [0.29, 0.717) is 11.6 Å². The lowest BCUT2D eigenvalue weighted by Gasteiger charge is -2.10. The number of nitrogens with one attached hydrogen (secondary N) is 2. The monoisotopic (exact) mass is 366 g/mol. The lowest BCUT2D eigenvalue weighted by Crippen LogP contribution is -2.13. The molecule has 0 aliphatic carbocycles. The van der Waals surface area contributed by atoms with E-state index in [2.05, 4.69) is 15.5 Å². The maximum atomic E-state index is 12.7. The summed E-state index contributed by atoms with van der Waals surface area (Å²) in [5.41, 5.74) is 0.706. The standard InChI is InChI=1S/C19H18N4O4/c1-12(2)16-11-18(22-21-16)20-19(24)15-10-13(23(25)26)8-9-17(15)27-14-6-4-3-5-7-14/h3-12H,1-2H3,(H2,20,21,22,24). The van der Waals surface area contributed by atoms with Gasteiger partial charge in [-0.05, 0) is 24.1 Å². The van der Waals surface area contributed by atoms with Crippen LogP contribution in [0.3, 0.4) is 0 Å². The summed E-state index contributed by atoms with van der Waals surface area (Å²) >= 11 is 0. The first-order chi connectivity index (χ1) is 12.9. The van der Waals surface area contributed by atoms with Crippen molar-refractivity contribution in [1.82, 2.24) is 10.2 Å². The number of para-hydroxylation sites is 1. The second kappa shape index (κ2) is 7.69. The molecule has 0 aliphatic rings. The van der Waals surface area contributed by atoms with Gasteiger partial charge in [0.15, 0.2) is 5.82 Å². The number of nitro groups is 1. The number of ether oxygens (including phenoxy) is 1. The van der Waals surface area contributed by atoms with Gasteiger partial charge in [-0.2, -0.15) is 5.10 Å². The van der Waals surface area contributed by atoms with Crippen LogP contribution in [0.15, 0.2) is 54.6 Å². The molecule has 8 heteroatoms. The molecule has 0 radical (unpaired) electrons. The van der Waals surface area contributed by atoms with Crippen molar-refractivity contribution < 1.29 is 14.5 Å². The van der Waals surface area contributed by atoms with Crippen molar-refractivity contribution in [1.29, 1.82) is 0 Å². The van der Waals surface area contributed by atoms with Crippen LogP contribution in [0.2, 0.25) is 0 Å². The number of non-ortho nitro benzene ring substituents is 1. The number of anilines is 1. The summed E-state index contributed by atoms with van der Waals surface area (Å²) in [5, 5.41) is 20.6. The normalized spacial score (nSPS) is 10.6. The van der Waals surface area contributed by atoms with Crippen LogP contribution in [0.25, 0.3) is 0 Å². The number of hydrogen-bond acceptors (Lipinski definition) is 5. The van der Waals surface area contributed by atoms with Crippen LogP contribution in [-0.2, 0) is 0 Å². The van der Waals surface area contributed by atoms with Crippen LogP contribution in [0.5, 0.6) is 11.5 Å². The lowest BCUT2D eigenvalue weighted by atomic mass is 10.1. The van der Waals surface area contributed by atoms with E-state index in [4.69, 9.17) is 4.74 Å². The Morgan fingerprint density at radius 1 is 1.19 bits per heavy atom. The Kier molecular flexibility index (Phi) is 5.16. The fraction of sp³-hybridized carbons (Fsp3) is 0.158. The van der Waals surface area contributed by atoms with Gasteiger partial charge < -0.3 is 10.1 Å². The second-order valence-electron chi connectivity index (χ2n) is 6.17. The fourth-order valence-corrected chi connectivity index (χ4v) is 2.39. The van der Waals surface area contributed by atoms with Gasteiger partial charge in [-0.25, -0.2) is 0 Å². The molecule has 0 fully saturated rings. The van der Waals surface area contributed by atoms with Crippen molar-refractivity contribution in [2.24, 2.45) is 0 Å². The number of aromatic nitrogens is 2. The van der Waals surface area contributed by atoms with Gasteiger partial charge in [-0.1, -0.05) is 32.0 Å². The van der Waals surface area contributed by atoms with Gasteiger partial charge in [0.25, 0.3) is 11.6 Å². The zero-order valence-corrected chi connectivity index (χ0v) is 14.8. The predicted molar refractivity (Wildman–Crippen MR) is 100 cm³/mol. The van der Waals surface area contributed by atoms with E-state index in [0.717, 1.165) is 5.69 Å². The maximum Gasteiger partial charge on any atom is 0.270 e. The fourth-order valence-electron chi connectivity index (χ4n) is 2.39. The zero-order valence-electron chi connectivity index (χ0n) is 14.8. The van der Waals surface area contributed by atoms with Gasteiger partial charge in [0.1, 0.15) is 11.5 Å². The average molecular weight is 366 g/mol. The highest BCUT2D eigenvalue weighted by Gasteiger charge is 2.19. The Hall–Kier alpha value is -3.68. The van der Waals surface area contributed by atoms with E-state index in [1.807, 2.05) is 19.9 Å². The molecular formula is C19H18N4O4. The molecule has 0 saturated carbocycles. The third-order valence-corrected chi connectivity index (χ3v) is 3.85. The number of carbonyl (C=O) groups excluding carboxylic acids is 1. The summed E-state index contributed by atoms with van der Waals surface area (Å²) in [5.74, 6) is 0.733. The first-order valence-electron chi connectivity index (χ1n) is 8.32.